The lowest BCUT2D eigenvalue weighted by atomic mass is 9.86. The molecule has 3 heteroatoms. The van der Waals surface area contributed by atoms with E-state index in [1.54, 1.807) is 0 Å². The lowest BCUT2D eigenvalue weighted by Gasteiger charge is -2.38. The summed E-state index contributed by atoms with van der Waals surface area (Å²) in [6.45, 7) is 11.2. The first kappa shape index (κ1) is 16.5. The van der Waals surface area contributed by atoms with Crippen LogP contribution < -0.4 is 10.6 Å². The van der Waals surface area contributed by atoms with Gasteiger partial charge in [0.15, 0.2) is 0 Å². The molecule has 0 saturated carbocycles. The summed E-state index contributed by atoms with van der Waals surface area (Å²) in [4.78, 5) is 2.37. The van der Waals surface area contributed by atoms with Gasteiger partial charge in [0, 0.05) is 29.3 Å². The molecule has 2 atom stereocenters. The van der Waals surface area contributed by atoms with Crippen LogP contribution in [-0.4, -0.2) is 19.1 Å². The molecule has 0 spiro atoms. The standard InChI is InChI=1S/C16H27BrN2/c1-11(18)9-13-10-14(17)7-8-15(13)19(6)12(2)16(3,4)5/h7-8,10-12H,9,18H2,1-6H3. The first-order chi connectivity index (χ1) is 8.62. The molecule has 1 aromatic rings. The molecular weight excluding hydrogens is 300 g/mol. The van der Waals surface area contributed by atoms with Gasteiger partial charge in [-0.1, -0.05) is 36.7 Å². The van der Waals surface area contributed by atoms with Crippen LogP contribution in [0, 0.1) is 5.41 Å². The van der Waals surface area contributed by atoms with Crippen molar-refractivity contribution in [3.63, 3.8) is 0 Å². The van der Waals surface area contributed by atoms with Crippen molar-refractivity contribution < 1.29 is 0 Å². The summed E-state index contributed by atoms with van der Waals surface area (Å²) in [6.07, 6.45) is 0.899. The minimum atomic E-state index is 0.173. The van der Waals surface area contributed by atoms with Gasteiger partial charge in [0.1, 0.15) is 0 Å². The van der Waals surface area contributed by atoms with Crippen molar-refractivity contribution in [2.24, 2.45) is 11.1 Å². The minimum Gasteiger partial charge on any atom is -0.371 e. The third-order valence-corrected chi connectivity index (χ3v) is 4.29. The van der Waals surface area contributed by atoms with Crippen LogP contribution >= 0.6 is 15.9 Å². The van der Waals surface area contributed by atoms with Crippen molar-refractivity contribution in [1.29, 1.82) is 0 Å². The van der Waals surface area contributed by atoms with E-state index < -0.39 is 0 Å². The number of nitrogens with zero attached hydrogens (tertiary/aromatic N) is 1. The Morgan fingerprint density at radius 2 is 1.84 bits per heavy atom. The van der Waals surface area contributed by atoms with Gasteiger partial charge in [-0.25, -0.2) is 0 Å². The van der Waals surface area contributed by atoms with E-state index in [0.717, 1.165) is 10.9 Å². The predicted octanol–water partition coefficient (Wildman–Crippen LogP) is 4.21. The Morgan fingerprint density at radius 3 is 2.32 bits per heavy atom. The van der Waals surface area contributed by atoms with Gasteiger partial charge in [-0.2, -0.15) is 0 Å². The minimum absolute atomic E-state index is 0.173. The quantitative estimate of drug-likeness (QED) is 0.897. The van der Waals surface area contributed by atoms with E-state index in [9.17, 15) is 0 Å². The Balaban J connectivity index is 3.11. The third-order valence-electron chi connectivity index (χ3n) is 3.80. The van der Waals surface area contributed by atoms with Crippen LogP contribution in [0.5, 0.6) is 0 Å². The van der Waals surface area contributed by atoms with E-state index in [1.807, 2.05) is 0 Å². The molecule has 0 aliphatic carbocycles. The van der Waals surface area contributed by atoms with Crippen LogP contribution in [0.1, 0.15) is 40.2 Å². The smallest absolute Gasteiger partial charge is 0.0400 e. The maximum Gasteiger partial charge on any atom is 0.0400 e. The SMILES string of the molecule is CC(N)Cc1cc(Br)ccc1N(C)C(C)C(C)(C)C. The molecule has 0 bridgehead atoms. The van der Waals surface area contributed by atoms with Gasteiger partial charge < -0.3 is 10.6 Å². The summed E-state index contributed by atoms with van der Waals surface area (Å²) >= 11 is 3.55. The zero-order valence-electron chi connectivity index (χ0n) is 13.0. The monoisotopic (exact) mass is 326 g/mol. The van der Waals surface area contributed by atoms with Crippen LogP contribution in [-0.2, 0) is 6.42 Å². The lowest BCUT2D eigenvalue weighted by molar-refractivity contribution is 0.329. The van der Waals surface area contributed by atoms with E-state index in [4.69, 9.17) is 5.73 Å². The zero-order chi connectivity index (χ0) is 14.8. The molecule has 1 aromatic carbocycles. The van der Waals surface area contributed by atoms with Gasteiger partial charge in [0.2, 0.25) is 0 Å². The Morgan fingerprint density at radius 1 is 1.26 bits per heavy atom. The van der Waals surface area contributed by atoms with Crippen LogP contribution in [0.2, 0.25) is 0 Å². The normalized spacial score (nSPS) is 15.2. The number of nitrogens with two attached hydrogens (primary N) is 1. The Kier molecular flexibility index (Phi) is 5.45. The molecule has 2 N–H and O–H groups in total. The molecule has 0 aliphatic rings. The van der Waals surface area contributed by atoms with E-state index in [-0.39, 0.29) is 11.5 Å². The van der Waals surface area contributed by atoms with E-state index in [0.29, 0.717) is 6.04 Å². The molecule has 1 rings (SSSR count). The molecule has 108 valence electrons. The second-order valence-electron chi connectivity index (χ2n) is 6.61. The largest absolute Gasteiger partial charge is 0.371 e. The van der Waals surface area contributed by atoms with Gasteiger partial charge in [-0.15, -0.1) is 0 Å². The Hall–Kier alpha value is -0.540. The van der Waals surface area contributed by atoms with Gasteiger partial charge in [-0.05, 0) is 49.4 Å². The molecule has 0 heterocycles. The van der Waals surface area contributed by atoms with Crippen molar-refractivity contribution in [2.45, 2.75) is 53.1 Å². The summed E-state index contributed by atoms with van der Waals surface area (Å²) in [7, 11) is 2.17. The Bertz CT molecular complexity index is 421. The fraction of sp³-hybridized carbons (Fsp3) is 0.625. The summed E-state index contributed by atoms with van der Waals surface area (Å²) < 4.78 is 1.11. The average Bonchev–Trinajstić information content (AvgIpc) is 2.25. The molecule has 2 nitrogen and oxygen atoms in total. The topological polar surface area (TPSA) is 29.3 Å². The third kappa shape index (κ3) is 4.50. The van der Waals surface area contributed by atoms with Gasteiger partial charge in [0.05, 0.1) is 0 Å². The van der Waals surface area contributed by atoms with Crippen LogP contribution in [0.3, 0.4) is 0 Å². The fourth-order valence-corrected chi connectivity index (χ4v) is 2.61. The molecule has 19 heavy (non-hydrogen) atoms. The predicted molar refractivity (Wildman–Crippen MR) is 88.8 cm³/mol. The summed E-state index contributed by atoms with van der Waals surface area (Å²) in [5, 5.41) is 0. The molecule has 0 aromatic heterocycles. The van der Waals surface area contributed by atoms with Gasteiger partial charge >= 0.3 is 0 Å². The van der Waals surface area contributed by atoms with Crippen molar-refractivity contribution in [2.75, 3.05) is 11.9 Å². The van der Waals surface area contributed by atoms with E-state index in [1.165, 1.54) is 11.3 Å². The number of benzene rings is 1. The Labute approximate surface area is 126 Å². The highest BCUT2D eigenvalue weighted by molar-refractivity contribution is 9.10. The number of anilines is 1. The first-order valence-corrected chi connectivity index (χ1v) is 7.69. The molecule has 0 radical (unpaired) electrons. The highest BCUT2D eigenvalue weighted by atomic mass is 79.9. The van der Waals surface area contributed by atoms with Crippen LogP contribution in [0.25, 0.3) is 0 Å². The number of halogens is 1. The summed E-state index contributed by atoms with van der Waals surface area (Å²) in [5.74, 6) is 0. The number of hydrogen-bond donors (Lipinski definition) is 1. The maximum absolute atomic E-state index is 5.97. The second kappa shape index (κ2) is 6.27. The first-order valence-electron chi connectivity index (χ1n) is 6.89. The molecule has 2 unspecified atom stereocenters. The van der Waals surface area contributed by atoms with Crippen molar-refractivity contribution in [3.8, 4) is 0 Å². The summed E-state index contributed by atoms with van der Waals surface area (Å²) in [5.41, 5.74) is 8.80. The highest BCUT2D eigenvalue weighted by Gasteiger charge is 2.25. The molecule has 0 amide bonds. The zero-order valence-corrected chi connectivity index (χ0v) is 14.6. The van der Waals surface area contributed by atoms with Crippen molar-refractivity contribution in [3.05, 3.63) is 28.2 Å². The fourth-order valence-electron chi connectivity index (χ4n) is 2.20. The van der Waals surface area contributed by atoms with E-state index >= 15 is 0 Å². The van der Waals surface area contributed by atoms with Crippen LogP contribution in [0.15, 0.2) is 22.7 Å². The lowest BCUT2D eigenvalue weighted by Crippen LogP contribution is -2.40. The molecule has 0 fully saturated rings. The van der Waals surface area contributed by atoms with Crippen molar-refractivity contribution in [1.82, 2.24) is 0 Å². The molecule has 0 saturated heterocycles. The summed E-state index contributed by atoms with van der Waals surface area (Å²) in [6, 6.07) is 7.10. The van der Waals surface area contributed by atoms with E-state index in [2.05, 4.69) is 80.7 Å². The number of rotatable bonds is 4. The average molecular weight is 327 g/mol. The number of hydrogen-bond acceptors (Lipinski definition) is 2. The molecule has 0 aliphatic heterocycles. The molecular formula is C16H27BrN2. The van der Waals surface area contributed by atoms with Gasteiger partial charge in [0.25, 0.3) is 0 Å². The second-order valence-corrected chi connectivity index (χ2v) is 7.52. The van der Waals surface area contributed by atoms with Crippen LogP contribution in [0.4, 0.5) is 5.69 Å². The maximum atomic E-state index is 5.97. The highest BCUT2D eigenvalue weighted by Crippen LogP contribution is 2.31. The van der Waals surface area contributed by atoms with Crippen molar-refractivity contribution >= 4 is 21.6 Å². The van der Waals surface area contributed by atoms with Gasteiger partial charge in [-0.3, -0.25) is 0 Å².